The summed E-state index contributed by atoms with van der Waals surface area (Å²) in [6.07, 6.45) is 4.25. The fourth-order valence-electron chi connectivity index (χ4n) is 1.10. The van der Waals surface area contributed by atoms with E-state index in [1.54, 1.807) is 0 Å². The standard InChI is InChI=1S/C12H24OSi/c1-6-7-8-9-12(2,13)10-11-14(3,4)5/h13H,6-9H2,1-5H3/t12-/m0/s1. The molecule has 82 valence electrons. The molecule has 0 radical (unpaired) electrons. The van der Waals surface area contributed by atoms with E-state index in [0.29, 0.717) is 0 Å². The molecule has 0 saturated heterocycles. The molecule has 0 aliphatic heterocycles. The Bertz CT molecular complexity index is 215. The lowest BCUT2D eigenvalue weighted by molar-refractivity contribution is 0.109. The van der Waals surface area contributed by atoms with Crippen LogP contribution in [0.5, 0.6) is 0 Å². The molecule has 0 aromatic heterocycles. The van der Waals surface area contributed by atoms with E-state index in [-0.39, 0.29) is 0 Å². The van der Waals surface area contributed by atoms with Crippen LogP contribution in [0.25, 0.3) is 0 Å². The van der Waals surface area contributed by atoms with Gasteiger partial charge in [0.2, 0.25) is 0 Å². The van der Waals surface area contributed by atoms with Crippen molar-refractivity contribution in [2.45, 2.75) is 64.8 Å². The molecule has 0 aliphatic carbocycles. The van der Waals surface area contributed by atoms with Crippen LogP contribution in [0.3, 0.4) is 0 Å². The molecule has 0 aliphatic rings. The average molecular weight is 212 g/mol. The van der Waals surface area contributed by atoms with E-state index < -0.39 is 13.7 Å². The maximum atomic E-state index is 9.95. The normalized spacial score (nSPS) is 15.6. The van der Waals surface area contributed by atoms with Gasteiger partial charge in [0.05, 0.1) is 0 Å². The van der Waals surface area contributed by atoms with Crippen LogP contribution in [0.2, 0.25) is 19.6 Å². The number of rotatable bonds is 4. The number of aliphatic hydroxyl groups is 1. The van der Waals surface area contributed by atoms with Crippen molar-refractivity contribution in [2.24, 2.45) is 0 Å². The maximum absolute atomic E-state index is 9.95. The van der Waals surface area contributed by atoms with Gasteiger partial charge in [-0.3, -0.25) is 0 Å². The van der Waals surface area contributed by atoms with E-state index in [0.717, 1.165) is 12.8 Å². The molecule has 2 heteroatoms. The first kappa shape index (κ1) is 13.7. The van der Waals surface area contributed by atoms with Crippen LogP contribution in [-0.2, 0) is 0 Å². The molecule has 1 nitrogen and oxygen atoms in total. The van der Waals surface area contributed by atoms with Crippen LogP contribution in [0.1, 0.15) is 39.5 Å². The van der Waals surface area contributed by atoms with Crippen LogP contribution >= 0.6 is 0 Å². The van der Waals surface area contributed by atoms with Gasteiger partial charge < -0.3 is 5.11 Å². The van der Waals surface area contributed by atoms with E-state index in [1.165, 1.54) is 12.8 Å². The molecule has 14 heavy (non-hydrogen) atoms. The van der Waals surface area contributed by atoms with Gasteiger partial charge in [0, 0.05) is 0 Å². The third-order valence-corrected chi connectivity index (χ3v) is 2.85. The van der Waals surface area contributed by atoms with Gasteiger partial charge in [0.15, 0.2) is 0 Å². The molecule has 0 heterocycles. The van der Waals surface area contributed by atoms with Crippen molar-refractivity contribution in [2.75, 3.05) is 0 Å². The molecule has 0 aromatic rings. The fourth-order valence-corrected chi connectivity index (χ4v) is 1.75. The molecular formula is C12H24OSi. The van der Waals surface area contributed by atoms with Gasteiger partial charge in [0.1, 0.15) is 13.7 Å². The Labute approximate surface area is 89.9 Å². The molecular weight excluding hydrogens is 188 g/mol. The zero-order chi connectivity index (χ0) is 11.2. The highest BCUT2D eigenvalue weighted by Gasteiger charge is 2.17. The first-order valence-corrected chi connectivity index (χ1v) is 9.03. The van der Waals surface area contributed by atoms with Crippen LogP contribution in [0, 0.1) is 11.5 Å². The lowest BCUT2D eigenvalue weighted by Crippen LogP contribution is -2.24. The molecule has 1 N–H and O–H groups in total. The minimum Gasteiger partial charge on any atom is -0.378 e. The van der Waals surface area contributed by atoms with Crippen molar-refractivity contribution in [3.05, 3.63) is 0 Å². The fraction of sp³-hybridized carbons (Fsp3) is 0.833. The van der Waals surface area contributed by atoms with Gasteiger partial charge in [-0.25, -0.2) is 0 Å². The highest BCUT2D eigenvalue weighted by molar-refractivity contribution is 6.83. The molecule has 0 rings (SSSR count). The molecule has 0 spiro atoms. The Kier molecular flexibility index (Phi) is 5.47. The van der Waals surface area contributed by atoms with E-state index in [9.17, 15) is 5.11 Å². The highest BCUT2D eigenvalue weighted by Crippen LogP contribution is 2.13. The zero-order valence-electron chi connectivity index (χ0n) is 10.3. The predicted octanol–water partition coefficient (Wildman–Crippen LogP) is 3.20. The highest BCUT2D eigenvalue weighted by atomic mass is 28.3. The summed E-state index contributed by atoms with van der Waals surface area (Å²) in [5.41, 5.74) is 2.46. The minimum atomic E-state index is -1.34. The topological polar surface area (TPSA) is 20.2 Å². The Hall–Kier alpha value is -0.263. The minimum absolute atomic E-state index is 0.768. The maximum Gasteiger partial charge on any atom is 0.129 e. The van der Waals surface area contributed by atoms with Crippen molar-refractivity contribution in [3.8, 4) is 11.5 Å². The Morgan fingerprint density at radius 3 is 2.21 bits per heavy atom. The monoisotopic (exact) mass is 212 g/mol. The molecule has 0 fully saturated rings. The van der Waals surface area contributed by atoms with E-state index >= 15 is 0 Å². The van der Waals surface area contributed by atoms with Gasteiger partial charge >= 0.3 is 0 Å². The lowest BCUT2D eigenvalue weighted by Gasteiger charge is -2.17. The summed E-state index contributed by atoms with van der Waals surface area (Å²) in [5, 5.41) is 9.95. The Balaban J connectivity index is 4.10. The van der Waals surface area contributed by atoms with Crippen LogP contribution in [0.4, 0.5) is 0 Å². The second kappa shape index (κ2) is 5.58. The summed E-state index contributed by atoms with van der Waals surface area (Å²) >= 11 is 0. The predicted molar refractivity (Wildman–Crippen MR) is 65.9 cm³/mol. The van der Waals surface area contributed by atoms with E-state index in [2.05, 4.69) is 38.0 Å². The van der Waals surface area contributed by atoms with Crippen molar-refractivity contribution in [3.63, 3.8) is 0 Å². The summed E-state index contributed by atoms with van der Waals surface area (Å²) < 4.78 is 0. The summed E-state index contributed by atoms with van der Waals surface area (Å²) in [4.78, 5) is 0. The number of unbranched alkanes of at least 4 members (excludes halogenated alkanes) is 2. The zero-order valence-corrected chi connectivity index (χ0v) is 11.3. The van der Waals surface area contributed by atoms with Crippen molar-refractivity contribution in [1.29, 1.82) is 0 Å². The first-order chi connectivity index (χ1) is 6.27. The van der Waals surface area contributed by atoms with Gasteiger partial charge in [0.25, 0.3) is 0 Å². The van der Waals surface area contributed by atoms with Crippen LogP contribution < -0.4 is 0 Å². The molecule has 0 aromatic carbocycles. The first-order valence-electron chi connectivity index (χ1n) is 5.53. The van der Waals surface area contributed by atoms with Crippen LogP contribution in [0.15, 0.2) is 0 Å². The summed E-state index contributed by atoms with van der Waals surface area (Å²) in [6.45, 7) is 10.6. The summed E-state index contributed by atoms with van der Waals surface area (Å²) in [7, 11) is -1.34. The summed E-state index contributed by atoms with van der Waals surface area (Å²) in [6, 6.07) is 0. The van der Waals surface area contributed by atoms with Gasteiger partial charge in [-0.2, -0.15) is 0 Å². The lowest BCUT2D eigenvalue weighted by atomic mass is 10.00. The molecule has 0 saturated carbocycles. The van der Waals surface area contributed by atoms with Gasteiger partial charge in [-0.15, -0.1) is 5.54 Å². The Morgan fingerprint density at radius 2 is 1.79 bits per heavy atom. The van der Waals surface area contributed by atoms with E-state index in [4.69, 9.17) is 0 Å². The third kappa shape index (κ3) is 8.34. The largest absolute Gasteiger partial charge is 0.378 e. The number of hydrogen-bond acceptors (Lipinski definition) is 1. The van der Waals surface area contributed by atoms with Crippen molar-refractivity contribution >= 4 is 8.07 Å². The average Bonchev–Trinajstić information content (AvgIpc) is 2.00. The summed E-state index contributed by atoms with van der Waals surface area (Å²) in [5.74, 6) is 3.03. The smallest absolute Gasteiger partial charge is 0.129 e. The number of hydrogen-bond donors (Lipinski definition) is 1. The third-order valence-electron chi connectivity index (χ3n) is 1.97. The molecule has 1 atom stereocenters. The Morgan fingerprint density at radius 1 is 1.21 bits per heavy atom. The second-order valence-electron chi connectivity index (χ2n) is 5.23. The van der Waals surface area contributed by atoms with Crippen molar-refractivity contribution in [1.82, 2.24) is 0 Å². The SMILES string of the molecule is CCCCC[C@](C)(O)C#C[Si](C)(C)C. The molecule has 0 bridgehead atoms. The van der Waals surface area contributed by atoms with Crippen molar-refractivity contribution < 1.29 is 5.11 Å². The molecule has 0 amide bonds. The van der Waals surface area contributed by atoms with Gasteiger partial charge in [-0.05, 0) is 19.8 Å². The molecule has 0 unspecified atom stereocenters. The second-order valence-corrected chi connectivity index (χ2v) is 9.98. The van der Waals surface area contributed by atoms with Crippen LogP contribution in [-0.4, -0.2) is 18.8 Å². The quantitative estimate of drug-likeness (QED) is 0.431. The van der Waals surface area contributed by atoms with E-state index in [1.807, 2.05) is 6.92 Å². The van der Waals surface area contributed by atoms with Gasteiger partial charge in [-0.1, -0.05) is 45.3 Å².